The van der Waals surface area contributed by atoms with Gasteiger partial charge in [0.1, 0.15) is 11.6 Å². The van der Waals surface area contributed by atoms with Gasteiger partial charge in [-0.25, -0.2) is 13.6 Å². The molecule has 0 unspecified atom stereocenters. The van der Waals surface area contributed by atoms with E-state index in [-0.39, 0.29) is 23.4 Å². The second kappa shape index (κ2) is 7.92. The first-order valence-corrected chi connectivity index (χ1v) is 7.78. The number of hydrogen-bond acceptors (Lipinski definition) is 6. The zero-order valence-corrected chi connectivity index (χ0v) is 12.6. The number of carboxylic acids is 1. The summed E-state index contributed by atoms with van der Waals surface area (Å²) in [5.74, 6) is -1.79. The quantitative estimate of drug-likeness (QED) is 0.393. The lowest BCUT2D eigenvalue weighted by atomic mass is 10.2. The first-order valence-electron chi connectivity index (χ1n) is 6.23. The van der Waals surface area contributed by atoms with Crippen LogP contribution in [0.5, 0.6) is 0 Å². The normalized spacial score (nSPS) is 11.4. The van der Waals surface area contributed by atoms with Crippen LogP contribution in [0.4, 0.5) is 5.69 Å². The highest BCUT2D eigenvalue weighted by Gasteiger charge is 2.09. The van der Waals surface area contributed by atoms with Crippen LogP contribution in [-0.2, 0) is 19.6 Å². The molecule has 0 radical (unpaired) electrons. The number of carbonyl (C=O) groups is 2. The van der Waals surface area contributed by atoms with E-state index in [2.05, 4.69) is 10.6 Å². The molecule has 0 atom stereocenters. The van der Waals surface area contributed by atoms with Gasteiger partial charge in [-0.1, -0.05) is 0 Å². The maximum absolute atomic E-state index is 11.6. The number of hydrogen-bond donors (Lipinski definition) is 4. The number of rotatable bonds is 7. The third kappa shape index (κ3) is 6.16. The molecule has 0 aliphatic carbocycles. The van der Waals surface area contributed by atoms with Crippen LogP contribution < -0.4 is 15.8 Å². The molecule has 0 aliphatic heterocycles. The fraction of sp³-hybridized carbons (Fsp3) is 0.154. The molecule has 0 spiro atoms. The Labute approximate surface area is 132 Å². The van der Waals surface area contributed by atoms with Gasteiger partial charge in [0, 0.05) is 18.4 Å². The van der Waals surface area contributed by atoms with Crippen molar-refractivity contribution in [3.63, 3.8) is 0 Å². The summed E-state index contributed by atoms with van der Waals surface area (Å²) in [7, 11) is -3.79. The van der Waals surface area contributed by atoms with Crippen LogP contribution in [0.15, 0.2) is 40.9 Å². The molecule has 1 aromatic carbocycles. The maximum Gasteiger partial charge on any atom is 0.305 e. The van der Waals surface area contributed by atoms with Crippen LogP contribution >= 0.6 is 0 Å². The number of aliphatic carboxylic acids is 1. The van der Waals surface area contributed by atoms with Gasteiger partial charge in [-0.3, -0.25) is 9.59 Å². The molecule has 0 aromatic heterocycles. The molecule has 0 heterocycles. The summed E-state index contributed by atoms with van der Waals surface area (Å²) in [4.78, 5) is 21.9. The lowest BCUT2D eigenvalue weighted by Crippen LogP contribution is -2.27. The van der Waals surface area contributed by atoms with Crippen LogP contribution in [-0.4, -0.2) is 31.9 Å². The van der Waals surface area contributed by atoms with Crippen molar-refractivity contribution in [3.05, 3.63) is 36.0 Å². The summed E-state index contributed by atoms with van der Waals surface area (Å²) in [5.41, 5.74) is 0.175. The molecule has 0 aliphatic rings. The molecule has 23 heavy (non-hydrogen) atoms. The minimum absolute atomic E-state index is 0.0704. The number of benzene rings is 1. The van der Waals surface area contributed by atoms with Gasteiger partial charge in [0.15, 0.2) is 0 Å². The van der Waals surface area contributed by atoms with Gasteiger partial charge < -0.3 is 15.7 Å². The zero-order chi connectivity index (χ0) is 17.5. The van der Waals surface area contributed by atoms with E-state index in [1.807, 2.05) is 0 Å². The molecule has 1 aromatic rings. The number of nitrogens with zero attached hydrogens (tertiary/aromatic N) is 1. The van der Waals surface area contributed by atoms with Gasteiger partial charge in [0.25, 0.3) is 5.91 Å². The smallest absolute Gasteiger partial charge is 0.305 e. The lowest BCUT2D eigenvalue weighted by molar-refractivity contribution is -0.136. The Morgan fingerprint density at radius 2 is 1.91 bits per heavy atom. The molecule has 122 valence electrons. The molecule has 0 bridgehead atoms. The van der Waals surface area contributed by atoms with Gasteiger partial charge in [-0.2, -0.15) is 5.26 Å². The third-order valence-electron chi connectivity index (χ3n) is 2.56. The van der Waals surface area contributed by atoms with Crippen molar-refractivity contribution in [1.82, 2.24) is 5.32 Å². The Morgan fingerprint density at radius 1 is 1.30 bits per heavy atom. The van der Waals surface area contributed by atoms with Crippen molar-refractivity contribution >= 4 is 27.6 Å². The number of nitrogens with one attached hydrogen (secondary N) is 2. The number of nitriles is 1. The number of carboxylic acid groups (broad SMARTS) is 1. The Bertz CT molecular complexity index is 763. The second-order valence-electron chi connectivity index (χ2n) is 4.28. The Kier molecular flexibility index (Phi) is 6.25. The van der Waals surface area contributed by atoms with E-state index in [4.69, 9.17) is 15.5 Å². The predicted octanol–water partition coefficient (Wildman–Crippen LogP) is -0.256. The van der Waals surface area contributed by atoms with Crippen LogP contribution in [0.3, 0.4) is 0 Å². The summed E-state index contributed by atoms with van der Waals surface area (Å²) >= 11 is 0. The summed E-state index contributed by atoms with van der Waals surface area (Å²) < 4.78 is 22.2. The molecule has 1 amide bonds. The summed E-state index contributed by atoms with van der Waals surface area (Å²) in [5, 5.41) is 27.3. The van der Waals surface area contributed by atoms with Crippen molar-refractivity contribution in [1.29, 1.82) is 5.26 Å². The Hall–Kier alpha value is -2.90. The highest BCUT2D eigenvalue weighted by Crippen LogP contribution is 2.13. The molecule has 0 saturated carbocycles. The number of primary sulfonamides is 1. The van der Waals surface area contributed by atoms with Gasteiger partial charge in [-0.15, -0.1) is 0 Å². The topological polar surface area (TPSA) is 162 Å². The first-order chi connectivity index (χ1) is 10.7. The van der Waals surface area contributed by atoms with Gasteiger partial charge in [-0.05, 0) is 24.3 Å². The van der Waals surface area contributed by atoms with Gasteiger partial charge in [0.2, 0.25) is 10.0 Å². The summed E-state index contributed by atoms with van der Waals surface area (Å²) in [6, 6.07) is 7.03. The Morgan fingerprint density at radius 3 is 2.39 bits per heavy atom. The summed E-state index contributed by atoms with van der Waals surface area (Å²) in [6.45, 7) is -0.101. The largest absolute Gasteiger partial charge is 0.481 e. The average molecular weight is 338 g/mol. The number of carbonyl (C=O) groups excluding carboxylic acids is 1. The first kappa shape index (κ1) is 18.1. The predicted molar refractivity (Wildman–Crippen MR) is 80.4 cm³/mol. The highest BCUT2D eigenvalue weighted by atomic mass is 32.2. The van der Waals surface area contributed by atoms with E-state index in [9.17, 15) is 18.0 Å². The van der Waals surface area contributed by atoms with Crippen molar-refractivity contribution in [2.75, 3.05) is 11.9 Å². The molecule has 1 rings (SSSR count). The SMILES string of the molecule is N#C/C(=C/Nc1ccc(S(N)(=O)=O)cc1)C(=O)NCCC(=O)O. The van der Waals surface area contributed by atoms with Crippen LogP contribution in [0, 0.1) is 11.3 Å². The zero-order valence-electron chi connectivity index (χ0n) is 11.8. The minimum Gasteiger partial charge on any atom is -0.481 e. The number of amides is 1. The maximum atomic E-state index is 11.6. The molecule has 9 nitrogen and oxygen atoms in total. The van der Waals surface area contributed by atoms with Crippen LogP contribution in [0.1, 0.15) is 6.42 Å². The van der Waals surface area contributed by atoms with Gasteiger partial charge >= 0.3 is 5.97 Å². The average Bonchev–Trinajstić information content (AvgIpc) is 2.47. The van der Waals surface area contributed by atoms with E-state index in [0.717, 1.165) is 6.20 Å². The molecule has 0 fully saturated rings. The van der Waals surface area contributed by atoms with E-state index >= 15 is 0 Å². The lowest BCUT2D eigenvalue weighted by Gasteiger charge is -2.05. The van der Waals surface area contributed by atoms with Crippen LogP contribution in [0.2, 0.25) is 0 Å². The van der Waals surface area contributed by atoms with Gasteiger partial charge in [0.05, 0.1) is 11.3 Å². The number of sulfonamides is 1. The van der Waals surface area contributed by atoms with Crippen molar-refractivity contribution in [2.24, 2.45) is 5.14 Å². The summed E-state index contributed by atoms with van der Waals surface area (Å²) in [6.07, 6.45) is 0.870. The van der Waals surface area contributed by atoms with E-state index in [1.54, 1.807) is 6.07 Å². The minimum atomic E-state index is -3.79. The molecule has 0 saturated heterocycles. The van der Waals surface area contributed by atoms with Crippen molar-refractivity contribution < 1.29 is 23.1 Å². The fourth-order valence-corrected chi connectivity index (χ4v) is 1.94. The monoisotopic (exact) mass is 338 g/mol. The standard InChI is InChI=1S/C13H14N4O5S/c14-7-9(13(20)16-6-5-12(18)19)8-17-10-1-3-11(4-2-10)23(15,21)22/h1-4,8,17H,5-6H2,(H,16,20)(H,18,19)(H2,15,21,22)/b9-8-. The molecular formula is C13H14N4O5S. The fourth-order valence-electron chi connectivity index (χ4n) is 1.42. The van der Waals surface area contributed by atoms with Crippen molar-refractivity contribution in [3.8, 4) is 6.07 Å². The van der Waals surface area contributed by atoms with Crippen molar-refractivity contribution in [2.45, 2.75) is 11.3 Å². The highest BCUT2D eigenvalue weighted by molar-refractivity contribution is 7.89. The van der Waals surface area contributed by atoms with E-state index in [1.165, 1.54) is 24.3 Å². The molecular weight excluding hydrogens is 324 g/mol. The molecule has 5 N–H and O–H groups in total. The molecule has 10 heteroatoms. The van der Waals surface area contributed by atoms with Crippen LogP contribution in [0.25, 0.3) is 0 Å². The second-order valence-corrected chi connectivity index (χ2v) is 5.84. The Balaban J connectivity index is 2.71. The third-order valence-corrected chi connectivity index (χ3v) is 3.48. The number of nitrogens with two attached hydrogens (primary N) is 1. The number of anilines is 1. The van der Waals surface area contributed by atoms with E-state index < -0.39 is 21.9 Å². The van der Waals surface area contributed by atoms with E-state index in [0.29, 0.717) is 5.69 Å².